The van der Waals surface area contributed by atoms with Gasteiger partial charge in [-0.3, -0.25) is 4.79 Å². The molecule has 0 aliphatic heterocycles. The van der Waals surface area contributed by atoms with Crippen LogP contribution in [0.1, 0.15) is 48.5 Å². The topological polar surface area (TPSA) is 29.1 Å². The van der Waals surface area contributed by atoms with Crippen molar-refractivity contribution in [3.63, 3.8) is 0 Å². The third-order valence-corrected chi connectivity index (χ3v) is 5.25. The number of hydrogen-bond acceptors (Lipinski definition) is 1. The third-order valence-electron chi connectivity index (χ3n) is 5.25. The van der Waals surface area contributed by atoms with Gasteiger partial charge in [0.1, 0.15) is 0 Å². The molecule has 1 amide bonds. The Morgan fingerprint density at radius 2 is 2.05 bits per heavy atom. The van der Waals surface area contributed by atoms with Gasteiger partial charge in [-0.1, -0.05) is 12.5 Å². The Balaban J connectivity index is 1.67. The highest BCUT2D eigenvalue weighted by molar-refractivity contribution is 5.94. The van der Waals surface area contributed by atoms with E-state index in [1.54, 1.807) is 0 Å². The second-order valence-electron chi connectivity index (χ2n) is 6.68. The maximum Gasteiger partial charge on any atom is 0.416 e. The fraction of sp³-hybridized carbons (Fsp3) is 0.588. The molecule has 120 valence electrons. The predicted octanol–water partition coefficient (Wildman–Crippen LogP) is 4.26. The van der Waals surface area contributed by atoms with Crippen LogP contribution < -0.4 is 5.32 Å². The summed E-state index contributed by atoms with van der Waals surface area (Å²) in [6, 6.07) is 4.62. The number of carbonyl (C=O) groups excluding carboxylic acids is 1. The van der Waals surface area contributed by atoms with Crippen LogP contribution in [-0.2, 0) is 6.18 Å². The van der Waals surface area contributed by atoms with Gasteiger partial charge in [0.15, 0.2) is 0 Å². The predicted molar refractivity (Wildman–Crippen MR) is 77.3 cm³/mol. The van der Waals surface area contributed by atoms with E-state index in [-0.39, 0.29) is 11.6 Å². The van der Waals surface area contributed by atoms with Gasteiger partial charge in [0, 0.05) is 11.6 Å². The number of alkyl halides is 3. The zero-order chi connectivity index (χ0) is 15.9. The summed E-state index contributed by atoms with van der Waals surface area (Å²) < 4.78 is 38.1. The third kappa shape index (κ3) is 2.99. The van der Waals surface area contributed by atoms with Gasteiger partial charge in [-0.15, -0.1) is 0 Å². The van der Waals surface area contributed by atoms with E-state index in [0.29, 0.717) is 11.8 Å². The van der Waals surface area contributed by atoms with Crippen LogP contribution in [0.2, 0.25) is 0 Å². The zero-order valence-corrected chi connectivity index (χ0v) is 12.5. The summed E-state index contributed by atoms with van der Waals surface area (Å²) in [6.07, 6.45) is 0.463. The number of carbonyl (C=O) groups is 1. The molecule has 0 spiro atoms. The van der Waals surface area contributed by atoms with Crippen LogP contribution in [0.4, 0.5) is 13.2 Å². The summed E-state index contributed by atoms with van der Waals surface area (Å²) in [5, 5.41) is 2.90. The van der Waals surface area contributed by atoms with Crippen LogP contribution >= 0.6 is 0 Å². The van der Waals surface area contributed by atoms with Crippen molar-refractivity contribution in [3.8, 4) is 0 Å². The lowest BCUT2D eigenvalue weighted by atomic mass is 9.84. The number of fused-ring (bicyclic) bond motifs is 2. The molecule has 4 atom stereocenters. The van der Waals surface area contributed by atoms with Crippen LogP contribution in [0.5, 0.6) is 0 Å². The molecule has 2 nitrogen and oxygen atoms in total. The standard InChI is InChI=1S/C17H20F3NO/c1-10(15-8-11-5-6-12(15)7-11)21-16(22)13-3-2-4-14(9-13)17(18,19)20/h2-4,9-12,15H,5-8H2,1H3,(H,21,22)/t10-,11-,12-,15-/m0/s1. The van der Waals surface area contributed by atoms with E-state index < -0.39 is 17.6 Å². The molecule has 2 fully saturated rings. The molecule has 0 heterocycles. The van der Waals surface area contributed by atoms with Crippen molar-refractivity contribution in [3.05, 3.63) is 35.4 Å². The Morgan fingerprint density at radius 1 is 1.27 bits per heavy atom. The minimum absolute atomic E-state index is 0.0114. The van der Waals surface area contributed by atoms with Crippen LogP contribution in [0.15, 0.2) is 24.3 Å². The Hall–Kier alpha value is -1.52. The Bertz CT molecular complexity index is 569. The average Bonchev–Trinajstić information content (AvgIpc) is 3.09. The van der Waals surface area contributed by atoms with Crippen molar-refractivity contribution in [1.29, 1.82) is 0 Å². The normalized spacial score (nSPS) is 28.6. The number of rotatable bonds is 3. The molecule has 5 heteroatoms. The van der Waals surface area contributed by atoms with Crippen molar-refractivity contribution < 1.29 is 18.0 Å². The van der Waals surface area contributed by atoms with Crippen molar-refractivity contribution in [2.24, 2.45) is 17.8 Å². The monoisotopic (exact) mass is 311 g/mol. The van der Waals surface area contributed by atoms with Crippen molar-refractivity contribution >= 4 is 5.91 Å². The number of amides is 1. The molecule has 0 aromatic heterocycles. The molecule has 1 aromatic carbocycles. The Labute approximate surface area is 128 Å². The van der Waals surface area contributed by atoms with Crippen LogP contribution in [0.25, 0.3) is 0 Å². The highest BCUT2D eigenvalue weighted by Gasteiger charge is 2.42. The smallest absolute Gasteiger partial charge is 0.349 e. The average molecular weight is 311 g/mol. The number of halogens is 3. The van der Waals surface area contributed by atoms with E-state index in [0.717, 1.165) is 24.5 Å². The lowest BCUT2D eigenvalue weighted by molar-refractivity contribution is -0.137. The van der Waals surface area contributed by atoms with Crippen molar-refractivity contribution in [1.82, 2.24) is 5.32 Å². The van der Waals surface area contributed by atoms with Gasteiger partial charge in [-0.05, 0) is 62.1 Å². The summed E-state index contributed by atoms with van der Waals surface area (Å²) in [6.45, 7) is 1.97. The van der Waals surface area contributed by atoms with Crippen molar-refractivity contribution in [2.45, 2.75) is 44.8 Å². The first-order chi connectivity index (χ1) is 10.3. The second-order valence-corrected chi connectivity index (χ2v) is 6.68. The lowest BCUT2D eigenvalue weighted by Crippen LogP contribution is -2.40. The van der Waals surface area contributed by atoms with Gasteiger partial charge in [0.2, 0.25) is 0 Å². The van der Waals surface area contributed by atoms with E-state index in [4.69, 9.17) is 0 Å². The van der Waals surface area contributed by atoms with Gasteiger partial charge in [0.25, 0.3) is 5.91 Å². The van der Waals surface area contributed by atoms with Crippen molar-refractivity contribution in [2.75, 3.05) is 0 Å². The molecule has 2 bridgehead atoms. The van der Waals surface area contributed by atoms with Gasteiger partial charge in [-0.25, -0.2) is 0 Å². The molecule has 22 heavy (non-hydrogen) atoms. The molecular weight excluding hydrogens is 291 g/mol. The largest absolute Gasteiger partial charge is 0.416 e. The summed E-state index contributed by atoms with van der Waals surface area (Å²) in [7, 11) is 0. The quantitative estimate of drug-likeness (QED) is 0.888. The first-order valence-electron chi connectivity index (χ1n) is 7.82. The SMILES string of the molecule is C[C@H](NC(=O)c1cccc(C(F)(F)F)c1)[C@@H]1C[C@H]2CC[C@H]1C2. The van der Waals surface area contributed by atoms with Gasteiger partial charge >= 0.3 is 6.18 Å². The second kappa shape index (κ2) is 5.60. The zero-order valence-electron chi connectivity index (χ0n) is 12.5. The molecule has 2 aliphatic carbocycles. The lowest BCUT2D eigenvalue weighted by Gasteiger charge is -2.28. The summed E-state index contributed by atoms with van der Waals surface area (Å²) in [4.78, 5) is 12.2. The number of hydrogen-bond donors (Lipinski definition) is 1. The minimum Gasteiger partial charge on any atom is -0.349 e. The minimum atomic E-state index is -4.42. The Kier molecular flexibility index (Phi) is 3.91. The maximum atomic E-state index is 12.7. The number of benzene rings is 1. The number of nitrogens with one attached hydrogen (secondary N) is 1. The van der Waals surface area contributed by atoms with Crippen LogP contribution in [0, 0.1) is 17.8 Å². The molecule has 0 radical (unpaired) electrons. The molecule has 0 unspecified atom stereocenters. The molecule has 0 saturated heterocycles. The summed E-state index contributed by atoms with van der Waals surface area (Å²) >= 11 is 0. The fourth-order valence-corrected chi connectivity index (χ4v) is 4.14. The van der Waals surface area contributed by atoms with E-state index >= 15 is 0 Å². The Morgan fingerprint density at radius 3 is 2.64 bits per heavy atom. The summed E-state index contributed by atoms with van der Waals surface area (Å²) in [5.74, 6) is 1.50. The summed E-state index contributed by atoms with van der Waals surface area (Å²) in [5.41, 5.74) is -0.711. The molecule has 3 rings (SSSR count). The highest BCUT2D eigenvalue weighted by atomic mass is 19.4. The van der Waals surface area contributed by atoms with Crippen LogP contribution in [0.3, 0.4) is 0 Å². The maximum absolute atomic E-state index is 12.7. The first-order valence-corrected chi connectivity index (χ1v) is 7.82. The first kappa shape index (κ1) is 15.4. The highest BCUT2D eigenvalue weighted by Crippen LogP contribution is 2.49. The van der Waals surface area contributed by atoms with Gasteiger partial charge < -0.3 is 5.32 Å². The molecule has 1 aromatic rings. The molecule has 1 N–H and O–H groups in total. The molecule has 2 saturated carbocycles. The van der Waals surface area contributed by atoms with Crippen LogP contribution in [-0.4, -0.2) is 11.9 Å². The fourth-order valence-electron chi connectivity index (χ4n) is 4.14. The van der Waals surface area contributed by atoms with Gasteiger partial charge in [-0.2, -0.15) is 13.2 Å². The molecular formula is C17H20F3NO. The van der Waals surface area contributed by atoms with Gasteiger partial charge in [0.05, 0.1) is 5.56 Å². The van der Waals surface area contributed by atoms with E-state index in [9.17, 15) is 18.0 Å². The van der Waals surface area contributed by atoms with E-state index in [2.05, 4.69) is 5.32 Å². The van der Waals surface area contributed by atoms with E-state index in [1.165, 1.54) is 31.4 Å². The van der Waals surface area contributed by atoms with E-state index in [1.807, 2.05) is 6.92 Å². The molecule has 2 aliphatic rings.